The van der Waals surface area contributed by atoms with Crippen molar-refractivity contribution in [2.45, 2.75) is 32.7 Å². The van der Waals surface area contributed by atoms with E-state index in [0.717, 1.165) is 31.5 Å². The molecule has 1 amide bonds. The largest absolute Gasteiger partial charge is 0.478 e. The summed E-state index contributed by atoms with van der Waals surface area (Å²) in [5.74, 6) is -0.962. The number of hydrogen-bond acceptors (Lipinski definition) is 3. The molecule has 1 aromatic carbocycles. The maximum atomic E-state index is 12.2. The lowest BCUT2D eigenvalue weighted by Crippen LogP contribution is -2.39. The van der Waals surface area contributed by atoms with Crippen LogP contribution < -0.4 is 5.32 Å². The fourth-order valence-corrected chi connectivity index (χ4v) is 2.47. The summed E-state index contributed by atoms with van der Waals surface area (Å²) in [7, 11) is 0. The molecule has 0 saturated carbocycles. The van der Waals surface area contributed by atoms with Crippen LogP contribution in [0.1, 0.15) is 35.7 Å². The molecule has 0 spiro atoms. The Bertz CT molecular complexity index is 522. The summed E-state index contributed by atoms with van der Waals surface area (Å²) in [6, 6.07) is 4.74. The molecule has 2 N–H and O–H groups in total. The van der Waals surface area contributed by atoms with Crippen LogP contribution in [0.2, 0.25) is 0 Å². The molecule has 1 heterocycles. The summed E-state index contributed by atoms with van der Waals surface area (Å²) >= 11 is 0. The highest BCUT2D eigenvalue weighted by atomic mass is 16.4. The minimum absolute atomic E-state index is 0.0272. The van der Waals surface area contributed by atoms with Gasteiger partial charge < -0.3 is 15.3 Å². The first-order valence-corrected chi connectivity index (χ1v) is 6.88. The summed E-state index contributed by atoms with van der Waals surface area (Å²) in [6.45, 7) is 5.20. The predicted octanol–water partition coefficient (Wildman–Crippen LogP) is 2.12. The van der Waals surface area contributed by atoms with Crippen LogP contribution in [-0.4, -0.2) is 41.0 Å². The smallest absolute Gasteiger partial charge is 0.337 e. The minimum atomic E-state index is -0.989. The monoisotopic (exact) mass is 276 g/mol. The van der Waals surface area contributed by atoms with E-state index in [0.29, 0.717) is 5.69 Å². The summed E-state index contributed by atoms with van der Waals surface area (Å²) in [6.07, 6.45) is 2.09. The Kier molecular flexibility index (Phi) is 4.27. The number of amides is 1. The predicted molar refractivity (Wildman–Crippen MR) is 77.0 cm³/mol. The second-order valence-electron chi connectivity index (χ2n) is 5.25. The Balaban J connectivity index is 2.12. The average molecular weight is 276 g/mol. The zero-order valence-electron chi connectivity index (χ0n) is 11.8. The van der Waals surface area contributed by atoms with Crippen molar-refractivity contribution in [2.24, 2.45) is 0 Å². The molecule has 1 aromatic rings. The third kappa shape index (κ3) is 3.10. The second kappa shape index (κ2) is 5.94. The lowest BCUT2D eigenvalue weighted by Gasteiger charge is -2.22. The molecule has 5 heteroatoms. The molecule has 0 bridgehead atoms. The highest BCUT2D eigenvalue weighted by molar-refractivity contribution is 5.95. The number of aromatic carboxylic acids is 1. The number of aryl methyl sites for hydroxylation is 1. The molecule has 0 aromatic heterocycles. The van der Waals surface area contributed by atoms with Gasteiger partial charge in [0, 0.05) is 18.8 Å². The number of likely N-dealkylation sites (tertiary alicyclic amines) is 1. The van der Waals surface area contributed by atoms with Crippen molar-refractivity contribution in [3.8, 4) is 0 Å². The van der Waals surface area contributed by atoms with Crippen molar-refractivity contribution < 1.29 is 14.7 Å². The summed E-state index contributed by atoms with van der Waals surface area (Å²) in [5, 5.41) is 12.2. The maximum absolute atomic E-state index is 12.2. The van der Waals surface area contributed by atoms with E-state index < -0.39 is 12.0 Å². The van der Waals surface area contributed by atoms with Gasteiger partial charge in [-0.3, -0.25) is 4.79 Å². The van der Waals surface area contributed by atoms with Gasteiger partial charge in [-0.05, 0) is 38.8 Å². The first-order chi connectivity index (χ1) is 9.49. The number of carbonyl (C=O) groups excluding carboxylic acids is 1. The zero-order valence-corrected chi connectivity index (χ0v) is 11.8. The molecule has 1 aliphatic heterocycles. The molecule has 1 aliphatic rings. The van der Waals surface area contributed by atoms with E-state index in [2.05, 4.69) is 5.32 Å². The van der Waals surface area contributed by atoms with E-state index in [4.69, 9.17) is 0 Å². The third-order valence-corrected chi connectivity index (χ3v) is 3.57. The number of carbonyl (C=O) groups is 2. The molecule has 0 aliphatic carbocycles. The molecular weight excluding hydrogens is 256 g/mol. The van der Waals surface area contributed by atoms with E-state index in [1.54, 1.807) is 19.1 Å². The van der Waals surface area contributed by atoms with Crippen LogP contribution in [0.4, 0.5) is 5.69 Å². The molecule has 0 radical (unpaired) electrons. The number of anilines is 1. The van der Waals surface area contributed by atoms with Crippen LogP contribution in [-0.2, 0) is 4.79 Å². The number of carboxylic acids is 1. The molecule has 108 valence electrons. The van der Waals surface area contributed by atoms with Gasteiger partial charge in [0.15, 0.2) is 0 Å². The first kappa shape index (κ1) is 14.4. The molecule has 20 heavy (non-hydrogen) atoms. The van der Waals surface area contributed by atoms with Gasteiger partial charge in [-0.25, -0.2) is 4.79 Å². The average Bonchev–Trinajstić information content (AvgIpc) is 2.93. The van der Waals surface area contributed by atoms with Crippen LogP contribution in [0.5, 0.6) is 0 Å². The van der Waals surface area contributed by atoms with Gasteiger partial charge in [0.05, 0.1) is 5.56 Å². The van der Waals surface area contributed by atoms with Crippen molar-refractivity contribution in [2.75, 3.05) is 18.4 Å². The SMILES string of the molecule is Cc1ccc(NC(C)C(=O)N2CCCC2)c(C(=O)O)c1. The van der Waals surface area contributed by atoms with E-state index in [1.807, 2.05) is 17.9 Å². The topological polar surface area (TPSA) is 69.6 Å². The van der Waals surface area contributed by atoms with E-state index in [-0.39, 0.29) is 11.5 Å². The normalized spacial score (nSPS) is 16.0. The summed E-state index contributed by atoms with van der Waals surface area (Å²) in [4.78, 5) is 25.3. The van der Waals surface area contributed by atoms with E-state index >= 15 is 0 Å². The van der Waals surface area contributed by atoms with Gasteiger partial charge in [-0.15, -0.1) is 0 Å². The molecule has 1 unspecified atom stereocenters. The number of hydrogen-bond donors (Lipinski definition) is 2. The van der Waals surface area contributed by atoms with Crippen LogP contribution in [0.3, 0.4) is 0 Å². The van der Waals surface area contributed by atoms with Gasteiger partial charge in [-0.1, -0.05) is 11.6 Å². The standard InChI is InChI=1S/C15H20N2O3/c1-10-5-6-13(12(9-10)15(19)20)16-11(2)14(18)17-7-3-4-8-17/h5-6,9,11,16H,3-4,7-8H2,1-2H3,(H,19,20). The lowest BCUT2D eigenvalue weighted by molar-refractivity contribution is -0.130. The quantitative estimate of drug-likeness (QED) is 0.883. The van der Waals surface area contributed by atoms with Gasteiger partial charge in [0.2, 0.25) is 5.91 Å². The van der Waals surface area contributed by atoms with Crippen molar-refractivity contribution >= 4 is 17.6 Å². The number of benzene rings is 1. The highest BCUT2D eigenvalue weighted by Gasteiger charge is 2.24. The number of rotatable bonds is 4. The lowest BCUT2D eigenvalue weighted by atomic mass is 10.1. The Morgan fingerprint density at radius 3 is 2.55 bits per heavy atom. The highest BCUT2D eigenvalue weighted by Crippen LogP contribution is 2.19. The Labute approximate surface area is 118 Å². The molecule has 1 fully saturated rings. The first-order valence-electron chi connectivity index (χ1n) is 6.88. The Morgan fingerprint density at radius 1 is 1.30 bits per heavy atom. The minimum Gasteiger partial charge on any atom is -0.478 e. The molecular formula is C15H20N2O3. The Morgan fingerprint density at radius 2 is 1.95 bits per heavy atom. The second-order valence-corrected chi connectivity index (χ2v) is 5.25. The number of nitrogens with zero attached hydrogens (tertiary/aromatic N) is 1. The van der Waals surface area contributed by atoms with Crippen molar-refractivity contribution in [1.29, 1.82) is 0 Å². The fourth-order valence-electron chi connectivity index (χ4n) is 2.47. The van der Waals surface area contributed by atoms with Gasteiger partial charge in [0.1, 0.15) is 6.04 Å². The Hall–Kier alpha value is -2.04. The van der Waals surface area contributed by atoms with Gasteiger partial charge in [-0.2, -0.15) is 0 Å². The summed E-state index contributed by atoms with van der Waals surface area (Å²) < 4.78 is 0. The summed E-state index contributed by atoms with van der Waals surface area (Å²) in [5.41, 5.74) is 1.57. The van der Waals surface area contributed by atoms with Gasteiger partial charge >= 0.3 is 5.97 Å². The number of nitrogens with one attached hydrogen (secondary N) is 1. The van der Waals surface area contributed by atoms with E-state index in [1.165, 1.54) is 0 Å². The van der Waals surface area contributed by atoms with Crippen molar-refractivity contribution in [3.63, 3.8) is 0 Å². The molecule has 1 saturated heterocycles. The van der Waals surface area contributed by atoms with E-state index in [9.17, 15) is 14.7 Å². The van der Waals surface area contributed by atoms with Crippen molar-refractivity contribution in [1.82, 2.24) is 4.90 Å². The van der Waals surface area contributed by atoms with Crippen LogP contribution in [0, 0.1) is 6.92 Å². The zero-order chi connectivity index (χ0) is 14.7. The van der Waals surface area contributed by atoms with Crippen molar-refractivity contribution in [3.05, 3.63) is 29.3 Å². The third-order valence-electron chi connectivity index (χ3n) is 3.57. The maximum Gasteiger partial charge on any atom is 0.337 e. The van der Waals surface area contributed by atoms with Crippen LogP contribution in [0.25, 0.3) is 0 Å². The van der Waals surface area contributed by atoms with Crippen LogP contribution in [0.15, 0.2) is 18.2 Å². The van der Waals surface area contributed by atoms with Gasteiger partial charge in [0.25, 0.3) is 0 Å². The molecule has 1 atom stereocenters. The van der Waals surface area contributed by atoms with Crippen LogP contribution >= 0.6 is 0 Å². The fraction of sp³-hybridized carbons (Fsp3) is 0.467. The number of carboxylic acid groups (broad SMARTS) is 1. The molecule has 2 rings (SSSR count). The molecule has 5 nitrogen and oxygen atoms in total.